The molecule has 190 valence electrons. The van der Waals surface area contributed by atoms with Gasteiger partial charge in [0, 0.05) is 39.7 Å². The van der Waals surface area contributed by atoms with Gasteiger partial charge in [0.15, 0.2) is 0 Å². The first kappa shape index (κ1) is 25.4. The van der Waals surface area contributed by atoms with Gasteiger partial charge in [0.05, 0.1) is 5.69 Å². The standard InChI is InChI=1S/C35H35N3/c1-4-35(5-2,27(3)31-23-15-24-32(36-31)28-17-9-6-10-18-28)33-25-16-26-34(37-33)38(29-19-11-7-12-20-29)30-21-13-8-14-22-30/h6-27H,4-5H2,1-3H3. The van der Waals surface area contributed by atoms with E-state index in [0.717, 1.165) is 52.7 Å². The minimum Gasteiger partial charge on any atom is -0.295 e. The summed E-state index contributed by atoms with van der Waals surface area (Å²) in [6.07, 6.45) is 1.93. The average Bonchev–Trinajstić information content (AvgIpc) is 3.00. The van der Waals surface area contributed by atoms with Gasteiger partial charge in [0.2, 0.25) is 0 Å². The van der Waals surface area contributed by atoms with E-state index in [1.165, 1.54) is 0 Å². The molecule has 0 radical (unpaired) electrons. The van der Waals surface area contributed by atoms with Gasteiger partial charge in [0.25, 0.3) is 0 Å². The second kappa shape index (κ2) is 11.4. The molecule has 2 aromatic heterocycles. The Morgan fingerprint density at radius 2 is 1.16 bits per heavy atom. The summed E-state index contributed by atoms with van der Waals surface area (Å²) < 4.78 is 0. The number of para-hydroxylation sites is 2. The third-order valence-electron chi connectivity index (χ3n) is 7.88. The number of nitrogens with zero attached hydrogens (tertiary/aromatic N) is 3. The maximum absolute atomic E-state index is 5.37. The Labute approximate surface area is 226 Å². The van der Waals surface area contributed by atoms with Crippen molar-refractivity contribution in [2.24, 2.45) is 0 Å². The summed E-state index contributed by atoms with van der Waals surface area (Å²) in [6, 6.07) is 44.2. The lowest BCUT2D eigenvalue weighted by Gasteiger charge is -2.38. The van der Waals surface area contributed by atoms with Crippen LogP contribution in [0, 0.1) is 0 Å². The highest BCUT2D eigenvalue weighted by Crippen LogP contribution is 2.44. The fourth-order valence-corrected chi connectivity index (χ4v) is 5.58. The Morgan fingerprint density at radius 1 is 0.605 bits per heavy atom. The molecule has 5 aromatic rings. The molecule has 3 nitrogen and oxygen atoms in total. The predicted molar refractivity (Wildman–Crippen MR) is 159 cm³/mol. The molecule has 5 rings (SSSR count). The van der Waals surface area contributed by atoms with Crippen molar-refractivity contribution in [1.82, 2.24) is 9.97 Å². The molecule has 3 heteroatoms. The van der Waals surface area contributed by atoms with Gasteiger partial charge in [-0.15, -0.1) is 0 Å². The molecular weight excluding hydrogens is 462 g/mol. The van der Waals surface area contributed by atoms with E-state index < -0.39 is 0 Å². The second-order valence-electron chi connectivity index (χ2n) is 9.79. The molecule has 0 fully saturated rings. The van der Waals surface area contributed by atoms with Crippen molar-refractivity contribution in [1.29, 1.82) is 0 Å². The highest BCUT2D eigenvalue weighted by Gasteiger charge is 2.38. The van der Waals surface area contributed by atoms with Gasteiger partial charge in [-0.2, -0.15) is 0 Å². The van der Waals surface area contributed by atoms with Crippen LogP contribution in [-0.2, 0) is 5.41 Å². The van der Waals surface area contributed by atoms with Crippen molar-refractivity contribution in [3.05, 3.63) is 139 Å². The monoisotopic (exact) mass is 497 g/mol. The van der Waals surface area contributed by atoms with Crippen LogP contribution in [0.4, 0.5) is 17.2 Å². The van der Waals surface area contributed by atoms with Crippen LogP contribution in [0.5, 0.6) is 0 Å². The molecule has 38 heavy (non-hydrogen) atoms. The highest BCUT2D eigenvalue weighted by molar-refractivity contribution is 5.74. The second-order valence-corrected chi connectivity index (χ2v) is 9.79. The summed E-state index contributed by atoms with van der Waals surface area (Å²) in [5.74, 6) is 1.11. The summed E-state index contributed by atoms with van der Waals surface area (Å²) in [5, 5.41) is 0. The zero-order valence-corrected chi connectivity index (χ0v) is 22.5. The fourth-order valence-electron chi connectivity index (χ4n) is 5.58. The van der Waals surface area contributed by atoms with E-state index in [4.69, 9.17) is 9.97 Å². The Bertz CT molecular complexity index is 1410. The predicted octanol–water partition coefficient (Wildman–Crippen LogP) is 9.47. The Kier molecular flexibility index (Phi) is 7.65. The van der Waals surface area contributed by atoms with Crippen LogP contribution < -0.4 is 4.90 Å². The SMILES string of the molecule is CCC(CC)(c1cccc(N(c2ccccc2)c2ccccc2)n1)C(C)c1cccc(-c2ccccc2)n1. The molecule has 3 aromatic carbocycles. The van der Waals surface area contributed by atoms with E-state index in [2.05, 4.69) is 135 Å². The topological polar surface area (TPSA) is 29.0 Å². The third-order valence-corrected chi connectivity index (χ3v) is 7.88. The molecule has 0 saturated heterocycles. The molecule has 0 spiro atoms. The average molecular weight is 498 g/mol. The molecule has 0 aliphatic carbocycles. The first-order chi connectivity index (χ1) is 18.7. The van der Waals surface area contributed by atoms with Crippen LogP contribution in [0.25, 0.3) is 11.3 Å². The van der Waals surface area contributed by atoms with E-state index in [1.54, 1.807) is 0 Å². The van der Waals surface area contributed by atoms with Gasteiger partial charge in [-0.05, 0) is 61.4 Å². The summed E-state index contributed by atoms with van der Waals surface area (Å²) in [4.78, 5) is 12.7. The van der Waals surface area contributed by atoms with Crippen LogP contribution in [0.15, 0.2) is 127 Å². The largest absolute Gasteiger partial charge is 0.295 e. The lowest BCUT2D eigenvalue weighted by atomic mass is 9.68. The van der Waals surface area contributed by atoms with E-state index in [1.807, 2.05) is 18.2 Å². The molecule has 0 bridgehead atoms. The molecule has 1 unspecified atom stereocenters. The van der Waals surface area contributed by atoms with Gasteiger partial charge in [-0.25, -0.2) is 4.98 Å². The van der Waals surface area contributed by atoms with E-state index in [0.29, 0.717) is 0 Å². The van der Waals surface area contributed by atoms with Gasteiger partial charge in [-0.1, -0.05) is 99.6 Å². The smallest absolute Gasteiger partial charge is 0.137 e. The number of aromatic nitrogens is 2. The zero-order chi connectivity index (χ0) is 26.4. The van der Waals surface area contributed by atoms with Crippen LogP contribution in [0.2, 0.25) is 0 Å². The number of pyridine rings is 2. The molecule has 2 heterocycles. The number of hydrogen-bond acceptors (Lipinski definition) is 3. The summed E-state index contributed by atoms with van der Waals surface area (Å²) in [5.41, 5.74) is 6.39. The van der Waals surface area contributed by atoms with Crippen LogP contribution in [0.1, 0.15) is 50.9 Å². The van der Waals surface area contributed by atoms with E-state index >= 15 is 0 Å². The molecule has 0 N–H and O–H groups in total. The fraction of sp³-hybridized carbons (Fsp3) is 0.200. The van der Waals surface area contributed by atoms with E-state index in [9.17, 15) is 0 Å². The third kappa shape index (κ3) is 4.97. The first-order valence-corrected chi connectivity index (χ1v) is 13.6. The number of benzene rings is 3. The number of anilines is 3. The van der Waals surface area contributed by atoms with Gasteiger partial charge >= 0.3 is 0 Å². The summed E-state index contributed by atoms with van der Waals surface area (Å²) >= 11 is 0. The minimum atomic E-state index is -0.155. The van der Waals surface area contributed by atoms with Crippen molar-refractivity contribution < 1.29 is 0 Å². The Morgan fingerprint density at radius 3 is 1.74 bits per heavy atom. The van der Waals surface area contributed by atoms with Gasteiger partial charge < -0.3 is 0 Å². The molecule has 0 aliphatic rings. The van der Waals surface area contributed by atoms with Crippen molar-refractivity contribution in [2.45, 2.75) is 44.9 Å². The lowest BCUT2D eigenvalue weighted by Crippen LogP contribution is -2.33. The maximum Gasteiger partial charge on any atom is 0.137 e. The Balaban J connectivity index is 1.58. The molecule has 0 aliphatic heterocycles. The Hall–Kier alpha value is -4.24. The number of hydrogen-bond donors (Lipinski definition) is 0. The zero-order valence-electron chi connectivity index (χ0n) is 22.5. The van der Waals surface area contributed by atoms with Gasteiger partial charge in [0.1, 0.15) is 5.82 Å². The molecule has 0 saturated carbocycles. The quantitative estimate of drug-likeness (QED) is 0.203. The lowest BCUT2D eigenvalue weighted by molar-refractivity contribution is 0.319. The molecule has 1 atom stereocenters. The van der Waals surface area contributed by atoms with Crippen molar-refractivity contribution in [3.63, 3.8) is 0 Å². The first-order valence-electron chi connectivity index (χ1n) is 13.6. The van der Waals surface area contributed by atoms with Crippen LogP contribution in [-0.4, -0.2) is 9.97 Å². The highest BCUT2D eigenvalue weighted by atomic mass is 15.2. The van der Waals surface area contributed by atoms with Gasteiger partial charge in [-0.3, -0.25) is 9.88 Å². The van der Waals surface area contributed by atoms with Crippen molar-refractivity contribution in [2.75, 3.05) is 4.90 Å². The minimum absolute atomic E-state index is 0.155. The van der Waals surface area contributed by atoms with Crippen LogP contribution in [0.3, 0.4) is 0 Å². The number of rotatable bonds is 9. The normalized spacial score (nSPS) is 12.2. The van der Waals surface area contributed by atoms with Crippen LogP contribution >= 0.6 is 0 Å². The molecule has 0 amide bonds. The maximum atomic E-state index is 5.37. The molecular formula is C35H35N3. The summed E-state index contributed by atoms with van der Waals surface area (Å²) in [7, 11) is 0. The van der Waals surface area contributed by atoms with Crippen molar-refractivity contribution in [3.8, 4) is 11.3 Å². The van der Waals surface area contributed by atoms with E-state index in [-0.39, 0.29) is 11.3 Å². The van der Waals surface area contributed by atoms with Crippen molar-refractivity contribution >= 4 is 17.2 Å². The summed E-state index contributed by atoms with van der Waals surface area (Å²) in [6.45, 7) is 6.87.